The van der Waals surface area contributed by atoms with E-state index in [2.05, 4.69) is 54.3 Å². The fraction of sp³-hybridized carbons (Fsp3) is 0.355. The average Bonchev–Trinajstić information content (AvgIpc) is 2.94. The average molecular weight is 486 g/mol. The lowest BCUT2D eigenvalue weighted by Crippen LogP contribution is -2.39. The standard InChI is InChI=1S/C31H35NO4/c1-22-20-36-29-19-27(35-21-23-7-5-4-6-8-23)13-14-28(29)30(22)24-9-11-26(12-10-24)32-17-15-25(16-18-32)31(33-2)34-3/h4-14,19,25,31H,15-18,20-21H2,1-3H3. The minimum atomic E-state index is -0.109. The summed E-state index contributed by atoms with van der Waals surface area (Å²) < 4.78 is 23.1. The van der Waals surface area contributed by atoms with E-state index in [0.29, 0.717) is 19.1 Å². The quantitative estimate of drug-likeness (QED) is 0.350. The zero-order chi connectivity index (χ0) is 24.9. The molecule has 2 aliphatic rings. The molecule has 0 aromatic heterocycles. The maximum absolute atomic E-state index is 6.08. The Morgan fingerprint density at radius 3 is 2.33 bits per heavy atom. The van der Waals surface area contributed by atoms with Gasteiger partial charge < -0.3 is 23.8 Å². The van der Waals surface area contributed by atoms with Gasteiger partial charge in [-0.25, -0.2) is 0 Å². The third-order valence-corrected chi connectivity index (χ3v) is 7.25. The van der Waals surface area contributed by atoms with Gasteiger partial charge in [-0.2, -0.15) is 0 Å². The first-order chi connectivity index (χ1) is 17.7. The summed E-state index contributed by atoms with van der Waals surface area (Å²) in [5, 5.41) is 0. The van der Waals surface area contributed by atoms with Crippen LogP contribution in [0.15, 0.2) is 78.4 Å². The number of anilines is 1. The Bertz CT molecular complexity index is 1180. The van der Waals surface area contributed by atoms with Crippen LogP contribution in [0.1, 0.15) is 36.5 Å². The Kier molecular flexibility index (Phi) is 7.59. The van der Waals surface area contributed by atoms with Gasteiger partial charge in [-0.05, 0) is 66.3 Å². The molecule has 0 radical (unpaired) electrons. The van der Waals surface area contributed by atoms with Crippen LogP contribution >= 0.6 is 0 Å². The van der Waals surface area contributed by atoms with Crippen molar-refractivity contribution < 1.29 is 18.9 Å². The Balaban J connectivity index is 1.28. The van der Waals surface area contributed by atoms with Crippen molar-refractivity contribution >= 4 is 11.3 Å². The number of hydrogen-bond donors (Lipinski definition) is 0. The summed E-state index contributed by atoms with van der Waals surface area (Å²) >= 11 is 0. The van der Waals surface area contributed by atoms with Crippen molar-refractivity contribution in [2.24, 2.45) is 5.92 Å². The van der Waals surface area contributed by atoms with E-state index in [-0.39, 0.29) is 6.29 Å². The normalized spacial score (nSPS) is 16.2. The number of methoxy groups -OCH3 is 2. The van der Waals surface area contributed by atoms with E-state index in [9.17, 15) is 0 Å². The highest BCUT2D eigenvalue weighted by Crippen LogP contribution is 2.40. The number of fused-ring (bicyclic) bond motifs is 1. The van der Waals surface area contributed by atoms with E-state index in [4.69, 9.17) is 18.9 Å². The zero-order valence-electron chi connectivity index (χ0n) is 21.4. The Hall–Kier alpha value is -3.28. The molecule has 0 bridgehead atoms. The van der Waals surface area contributed by atoms with Crippen LogP contribution in [0.2, 0.25) is 0 Å². The molecule has 5 rings (SSSR count). The first-order valence-electron chi connectivity index (χ1n) is 12.7. The number of piperidine rings is 1. The third-order valence-electron chi connectivity index (χ3n) is 7.25. The summed E-state index contributed by atoms with van der Waals surface area (Å²) in [5.41, 5.74) is 7.23. The summed E-state index contributed by atoms with van der Waals surface area (Å²) in [4.78, 5) is 2.46. The van der Waals surface area contributed by atoms with Crippen LogP contribution in [0.3, 0.4) is 0 Å². The van der Waals surface area contributed by atoms with Crippen LogP contribution in [-0.2, 0) is 16.1 Å². The Labute approximate surface area is 214 Å². The minimum absolute atomic E-state index is 0.109. The van der Waals surface area contributed by atoms with E-state index in [1.54, 1.807) is 14.2 Å². The lowest BCUT2D eigenvalue weighted by atomic mass is 9.91. The monoisotopic (exact) mass is 485 g/mol. The van der Waals surface area contributed by atoms with Gasteiger partial charge in [0.15, 0.2) is 6.29 Å². The molecule has 36 heavy (non-hydrogen) atoms. The molecule has 5 nitrogen and oxygen atoms in total. The van der Waals surface area contributed by atoms with Crippen LogP contribution in [0.4, 0.5) is 5.69 Å². The third kappa shape index (κ3) is 5.28. The predicted octanol–water partition coefficient (Wildman–Crippen LogP) is 6.32. The zero-order valence-corrected chi connectivity index (χ0v) is 21.4. The number of hydrogen-bond acceptors (Lipinski definition) is 5. The second-order valence-electron chi connectivity index (χ2n) is 9.59. The highest BCUT2D eigenvalue weighted by molar-refractivity contribution is 5.86. The van der Waals surface area contributed by atoms with Gasteiger partial charge in [0, 0.05) is 50.5 Å². The number of benzene rings is 3. The smallest absolute Gasteiger partial charge is 0.159 e. The summed E-state index contributed by atoms with van der Waals surface area (Å²) in [6.07, 6.45) is 2.03. The molecule has 0 spiro atoms. The highest BCUT2D eigenvalue weighted by atomic mass is 16.7. The molecule has 0 unspecified atom stereocenters. The number of nitrogens with zero attached hydrogens (tertiary/aromatic N) is 1. The second-order valence-corrected chi connectivity index (χ2v) is 9.59. The molecule has 5 heteroatoms. The molecule has 2 heterocycles. The van der Waals surface area contributed by atoms with Crippen LogP contribution in [0.25, 0.3) is 5.57 Å². The van der Waals surface area contributed by atoms with Gasteiger partial charge in [-0.3, -0.25) is 0 Å². The van der Waals surface area contributed by atoms with Crippen LogP contribution < -0.4 is 14.4 Å². The fourth-order valence-corrected chi connectivity index (χ4v) is 5.30. The molecule has 1 saturated heterocycles. The second kappa shape index (κ2) is 11.2. The fourth-order valence-electron chi connectivity index (χ4n) is 5.30. The number of rotatable bonds is 8. The molecule has 2 aliphatic heterocycles. The van der Waals surface area contributed by atoms with Gasteiger partial charge >= 0.3 is 0 Å². The topological polar surface area (TPSA) is 40.2 Å². The molecule has 0 saturated carbocycles. The van der Waals surface area contributed by atoms with Gasteiger partial charge in [0.2, 0.25) is 0 Å². The molecular formula is C31H35NO4. The van der Waals surface area contributed by atoms with E-state index in [0.717, 1.165) is 48.6 Å². The summed E-state index contributed by atoms with van der Waals surface area (Å²) in [6.45, 7) is 5.30. The van der Waals surface area contributed by atoms with E-state index >= 15 is 0 Å². The lowest BCUT2D eigenvalue weighted by Gasteiger charge is -2.36. The van der Waals surface area contributed by atoms with Gasteiger partial charge in [0.1, 0.15) is 24.7 Å². The molecular weight excluding hydrogens is 450 g/mol. The SMILES string of the molecule is COC(OC)C1CCN(c2ccc(C3=C(C)COc4cc(OCc5ccccc5)ccc43)cc2)CC1. The van der Waals surface area contributed by atoms with Crippen molar-refractivity contribution in [1.29, 1.82) is 0 Å². The lowest BCUT2D eigenvalue weighted by molar-refractivity contribution is -0.141. The van der Waals surface area contributed by atoms with Gasteiger partial charge in [0.05, 0.1) is 0 Å². The van der Waals surface area contributed by atoms with Crippen LogP contribution in [0, 0.1) is 5.92 Å². The molecule has 3 aromatic carbocycles. The van der Waals surface area contributed by atoms with Crippen molar-refractivity contribution in [1.82, 2.24) is 0 Å². The van der Waals surface area contributed by atoms with Crippen LogP contribution in [0.5, 0.6) is 11.5 Å². The molecule has 0 atom stereocenters. The van der Waals surface area contributed by atoms with Gasteiger partial charge in [0.25, 0.3) is 0 Å². The predicted molar refractivity (Wildman–Crippen MR) is 144 cm³/mol. The first kappa shape index (κ1) is 24.4. The number of ether oxygens (including phenoxy) is 4. The first-order valence-corrected chi connectivity index (χ1v) is 12.7. The largest absolute Gasteiger partial charge is 0.489 e. The molecule has 1 fully saturated rings. The molecule has 3 aromatic rings. The maximum Gasteiger partial charge on any atom is 0.159 e. The van der Waals surface area contributed by atoms with Crippen LogP contribution in [-0.4, -0.2) is 40.2 Å². The summed E-state index contributed by atoms with van der Waals surface area (Å²) in [6, 6.07) is 25.3. The maximum atomic E-state index is 6.08. The van der Waals surface area contributed by atoms with Gasteiger partial charge in [-0.15, -0.1) is 0 Å². The summed E-state index contributed by atoms with van der Waals surface area (Å²) in [7, 11) is 3.45. The van der Waals surface area contributed by atoms with Crippen molar-refractivity contribution in [2.45, 2.75) is 32.7 Å². The van der Waals surface area contributed by atoms with Crippen molar-refractivity contribution in [3.8, 4) is 11.5 Å². The molecule has 0 aliphatic carbocycles. The molecule has 188 valence electrons. The van der Waals surface area contributed by atoms with E-state index in [1.165, 1.54) is 22.4 Å². The Morgan fingerprint density at radius 1 is 0.917 bits per heavy atom. The van der Waals surface area contributed by atoms with E-state index in [1.807, 2.05) is 30.3 Å². The van der Waals surface area contributed by atoms with E-state index < -0.39 is 0 Å². The van der Waals surface area contributed by atoms with Crippen molar-refractivity contribution in [3.05, 3.63) is 95.1 Å². The summed E-state index contributed by atoms with van der Waals surface area (Å²) in [5.74, 6) is 2.14. The highest BCUT2D eigenvalue weighted by Gasteiger charge is 2.27. The minimum Gasteiger partial charge on any atom is -0.489 e. The Morgan fingerprint density at radius 2 is 1.64 bits per heavy atom. The van der Waals surface area contributed by atoms with Crippen molar-refractivity contribution in [3.63, 3.8) is 0 Å². The van der Waals surface area contributed by atoms with Gasteiger partial charge in [-0.1, -0.05) is 42.5 Å². The molecule has 0 amide bonds. The molecule has 0 N–H and O–H groups in total. The van der Waals surface area contributed by atoms with Crippen molar-refractivity contribution in [2.75, 3.05) is 38.8 Å².